The summed E-state index contributed by atoms with van der Waals surface area (Å²) in [5, 5.41) is 2.89. The van der Waals surface area contributed by atoms with Gasteiger partial charge in [-0.1, -0.05) is 56.5 Å². The van der Waals surface area contributed by atoms with Gasteiger partial charge < -0.3 is 11.1 Å². The number of nitrogens with one attached hydrogen (secondary N) is 1. The summed E-state index contributed by atoms with van der Waals surface area (Å²) in [6.07, 6.45) is 5.12. The molecule has 0 aliphatic carbocycles. The molecule has 0 saturated carbocycles. The molecule has 0 aromatic heterocycles. The van der Waals surface area contributed by atoms with Crippen LogP contribution in [0.25, 0.3) is 0 Å². The predicted octanol–water partition coefficient (Wildman–Crippen LogP) is 2.77. The van der Waals surface area contributed by atoms with Crippen LogP contribution in [0.3, 0.4) is 0 Å². The average molecular weight is 248 g/mol. The molecule has 3 nitrogen and oxygen atoms in total. The van der Waals surface area contributed by atoms with Crippen molar-refractivity contribution in [1.29, 1.82) is 0 Å². The van der Waals surface area contributed by atoms with E-state index in [9.17, 15) is 4.79 Å². The molecule has 0 spiro atoms. The highest BCUT2D eigenvalue weighted by Gasteiger charge is 2.07. The van der Waals surface area contributed by atoms with E-state index >= 15 is 0 Å². The number of nitrogens with two attached hydrogens (primary N) is 1. The van der Waals surface area contributed by atoms with Crippen molar-refractivity contribution in [2.75, 3.05) is 6.54 Å². The van der Waals surface area contributed by atoms with Gasteiger partial charge >= 0.3 is 0 Å². The molecule has 18 heavy (non-hydrogen) atoms. The van der Waals surface area contributed by atoms with E-state index in [-0.39, 0.29) is 11.9 Å². The second-order valence-corrected chi connectivity index (χ2v) is 4.63. The molecule has 1 aromatic carbocycles. The van der Waals surface area contributed by atoms with E-state index in [2.05, 4.69) is 12.2 Å². The van der Waals surface area contributed by atoms with Crippen molar-refractivity contribution in [3.05, 3.63) is 35.9 Å². The minimum Gasteiger partial charge on any atom is -0.354 e. The van der Waals surface area contributed by atoms with Crippen LogP contribution in [-0.4, -0.2) is 12.5 Å². The van der Waals surface area contributed by atoms with E-state index in [1.165, 1.54) is 12.8 Å². The zero-order chi connectivity index (χ0) is 13.2. The topological polar surface area (TPSA) is 55.1 Å². The summed E-state index contributed by atoms with van der Waals surface area (Å²) in [7, 11) is 0. The van der Waals surface area contributed by atoms with Crippen molar-refractivity contribution >= 4 is 5.91 Å². The summed E-state index contributed by atoms with van der Waals surface area (Å²) in [6, 6.07) is 9.73. The van der Waals surface area contributed by atoms with E-state index < -0.39 is 0 Å². The van der Waals surface area contributed by atoms with Crippen molar-refractivity contribution in [2.45, 2.75) is 45.1 Å². The van der Waals surface area contributed by atoms with Crippen molar-refractivity contribution in [3.8, 4) is 0 Å². The number of carbonyl (C=O) groups is 1. The highest BCUT2D eigenvalue weighted by Crippen LogP contribution is 2.08. The third-order valence-electron chi connectivity index (χ3n) is 3.00. The van der Waals surface area contributed by atoms with Crippen LogP contribution < -0.4 is 11.1 Å². The van der Waals surface area contributed by atoms with Crippen LogP contribution in [0.2, 0.25) is 0 Å². The Morgan fingerprint density at radius 3 is 2.61 bits per heavy atom. The van der Waals surface area contributed by atoms with Crippen LogP contribution in [-0.2, 0) is 4.79 Å². The summed E-state index contributed by atoms with van der Waals surface area (Å²) < 4.78 is 0. The number of rotatable bonds is 8. The average Bonchev–Trinajstić information content (AvgIpc) is 2.42. The molecule has 0 heterocycles. The van der Waals surface area contributed by atoms with Gasteiger partial charge in [0.15, 0.2) is 0 Å². The molecular weight excluding hydrogens is 224 g/mol. The molecule has 0 saturated heterocycles. The van der Waals surface area contributed by atoms with Crippen molar-refractivity contribution < 1.29 is 4.79 Å². The Labute approximate surface area is 110 Å². The quantitative estimate of drug-likeness (QED) is 0.695. The Morgan fingerprint density at radius 1 is 1.22 bits per heavy atom. The first-order chi connectivity index (χ1) is 8.74. The summed E-state index contributed by atoms with van der Waals surface area (Å²) in [5.41, 5.74) is 7.06. The Kier molecular flexibility index (Phi) is 7.11. The van der Waals surface area contributed by atoms with Crippen LogP contribution in [0.5, 0.6) is 0 Å². The van der Waals surface area contributed by atoms with Gasteiger partial charge in [0, 0.05) is 19.0 Å². The van der Waals surface area contributed by atoms with Gasteiger partial charge in [0.2, 0.25) is 5.91 Å². The number of amides is 1. The first-order valence-electron chi connectivity index (χ1n) is 6.81. The molecule has 100 valence electrons. The number of hydrogen-bond donors (Lipinski definition) is 2. The molecule has 3 heteroatoms. The summed E-state index contributed by atoms with van der Waals surface area (Å²) in [4.78, 5) is 11.6. The van der Waals surface area contributed by atoms with Gasteiger partial charge in [-0.2, -0.15) is 0 Å². The van der Waals surface area contributed by atoms with E-state index in [0.717, 1.165) is 18.4 Å². The maximum absolute atomic E-state index is 11.6. The molecule has 0 fully saturated rings. The van der Waals surface area contributed by atoms with E-state index in [1.54, 1.807) is 0 Å². The lowest BCUT2D eigenvalue weighted by atomic mass is 10.1. The van der Waals surface area contributed by atoms with Gasteiger partial charge in [0.05, 0.1) is 0 Å². The molecule has 1 unspecified atom stereocenters. The van der Waals surface area contributed by atoms with Crippen LogP contribution in [0.15, 0.2) is 30.3 Å². The van der Waals surface area contributed by atoms with Gasteiger partial charge in [-0.15, -0.1) is 0 Å². The monoisotopic (exact) mass is 248 g/mol. The molecule has 0 bridgehead atoms. The lowest BCUT2D eigenvalue weighted by Crippen LogP contribution is -2.31. The zero-order valence-electron chi connectivity index (χ0n) is 11.2. The number of benzene rings is 1. The van der Waals surface area contributed by atoms with Crippen molar-refractivity contribution in [3.63, 3.8) is 0 Å². The maximum atomic E-state index is 11.6. The lowest BCUT2D eigenvalue weighted by Gasteiger charge is -2.13. The Balaban J connectivity index is 2.18. The summed E-state index contributed by atoms with van der Waals surface area (Å²) >= 11 is 0. The zero-order valence-corrected chi connectivity index (χ0v) is 11.2. The number of unbranched alkanes of at least 4 members (excludes halogenated alkanes) is 3. The van der Waals surface area contributed by atoms with Crippen LogP contribution in [0, 0.1) is 0 Å². The fraction of sp³-hybridized carbons (Fsp3) is 0.533. The van der Waals surface area contributed by atoms with Crippen molar-refractivity contribution in [2.24, 2.45) is 5.73 Å². The summed E-state index contributed by atoms with van der Waals surface area (Å²) in [5.74, 6) is 0.109. The predicted molar refractivity (Wildman–Crippen MR) is 75.1 cm³/mol. The first-order valence-corrected chi connectivity index (χ1v) is 6.81. The van der Waals surface area contributed by atoms with E-state index in [0.29, 0.717) is 13.0 Å². The highest BCUT2D eigenvalue weighted by atomic mass is 16.1. The molecule has 1 rings (SSSR count). The fourth-order valence-corrected chi connectivity index (χ4v) is 1.84. The third kappa shape index (κ3) is 5.82. The maximum Gasteiger partial charge on any atom is 0.220 e. The molecule has 0 aliphatic heterocycles. The molecule has 0 aliphatic rings. The Bertz CT molecular complexity index is 338. The second kappa shape index (κ2) is 8.70. The molecule has 1 amide bonds. The SMILES string of the molecule is CCCCCCC(=O)NCC(N)c1ccccc1. The van der Waals surface area contributed by atoms with Gasteiger partial charge in [0.25, 0.3) is 0 Å². The Morgan fingerprint density at radius 2 is 1.94 bits per heavy atom. The van der Waals surface area contributed by atoms with Crippen LogP contribution in [0.4, 0.5) is 0 Å². The molecular formula is C15H24N2O. The number of hydrogen-bond acceptors (Lipinski definition) is 2. The third-order valence-corrected chi connectivity index (χ3v) is 3.00. The molecule has 1 aromatic rings. The van der Waals surface area contributed by atoms with Gasteiger partial charge in [0.1, 0.15) is 0 Å². The van der Waals surface area contributed by atoms with E-state index in [4.69, 9.17) is 5.73 Å². The normalized spacial score (nSPS) is 12.1. The smallest absolute Gasteiger partial charge is 0.220 e. The number of carbonyl (C=O) groups excluding carboxylic acids is 1. The van der Waals surface area contributed by atoms with Gasteiger partial charge in [-0.25, -0.2) is 0 Å². The Hall–Kier alpha value is -1.35. The second-order valence-electron chi connectivity index (χ2n) is 4.63. The minimum atomic E-state index is -0.120. The van der Waals surface area contributed by atoms with Crippen LogP contribution >= 0.6 is 0 Å². The van der Waals surface area contributed by atoms with Crippen molar-refractivity contribution in [1.82, 2.24) is 5.32 Å². The first kappa shape index (κ1) is 14.7. The van der Waals surface area contributed by atoms with E-state index in [1.807, 2.05) is 30.3 Å². The van der Waals surface area contributed by atoms with Gasteiger partial charge in [-0.3, -0.25) is 4.79 Å². The largest absolute Gasteiger partial charge is 0.354 e. The standard InChI is InChI=1S/C15H24N2O/c1-2-3-4-8-11-15(18)17-12-14(16)13-9-6-5-7-10-13/h5-7,9-10,14H,2-4,8,11-12,16H2,1H3,(H,17,18). The molecule has 0 radical (unpaired) electrons. The van der Waals surface area contributed by atoms with Crippen LogP contribution in [0.1, 0.15) is 50.6 Å². The highest BCUT2D eigenvalue weighted by molar-refractivity contribution is 5.75. The molecule has 3 N–H and O–H groups in total. The summed E-state index contributed by atoms with van der Waals surface area (Å²) in [6.45, 7) is 2.68. The molecule has 1 atom stereocenters. The van der Waals surface area contributed by atoms with Gasteiger partial charge in [-0.05, 0) is 12.0 Å². The minimum absolute atomic E-state index is 0.109. The fourth-order valence-electron chi connectivity index (χ4n) is 1.84. The lowest BCUT2D eigenvalue weighted by molar-refractivity contribution is -0.121.